The first-order valence-electron chi connectivity index (χ1n) is 7.51. The Morgan fingerprint density at radius 3 is 2.90 bits per heavy atom. The second kappa shape index (κ2) is 6.31. The van der Waals surface area contributed by atoms with Gasteiger partial charge in [0.15, 0.2) is 0 Å². The van der Waals surface area contributed by atoms with E-state index in [9.17, 15) is 4.79 Å². The molecule has 1 aromatic rings. The van der Waals surface area contributed by atoms with E-state index in [-0.39, 0.29) is 0 Å². The second-order valence-electron chi connectivity index (χ2n) is 5.60. The summed E-state index contributed by atoms with van der Waals surface area (Å²) in [4.78, 5) is 11.5. The normalized spacial score (nSPS) is 27.7. The molecule has 4 N–H and O–H groups in total. The van der Waals surface area contributed by atoms with Gasteiger partial charge in [-0.15, -0.1) is 0 Å². The van der Waals surface area contributed by atoms with Gasteiger partial charge in [0.05, 0.1) is 0 Å². The molecule has 2 atom stereocenters. The van der Waals surface area contributed by atoms with Crippen molar-refractivity contribution < 1.29 is 9.53 Å². The predicted octanol–water partition coefficient (Wildman–Crippen LogP) is 2.68. The number of hydrogen-bond donors (Lipinski definition) is 2. The summed E-state index contributed by atoms with van der Waals surface area (Å²) < 4.78 is 6.21. The largest absolute Gasteiger partial charge is 0.405 e. The lowest BCUT2D eigenvalue weighted by Gasteiger charge is -2.44. The van der Waals surface area contributed by atoms with Crippen LogP contribution in [0.5, 0.6) is 0 Å². The molecule has 1 saturated carbocycles. The van der Waals surface area contributed by atoms with Gasteiger partial charge in [-0.3, -0.25) is 4.79 Å². The maximum Gasteiger partial charge on any atom is 0.248 e. The fourth-order valence-electron chi connectivity index (χ4n) is 3.43. The molecule has 4 nitrogen and oxygen atoms in total. The third-order valence-electron chi connectivity index (χ3n) is 4.40. The Morgan fingerprint density at radius 1 is 1.52 bits per heavy atom. The van der Waals surface area contributed by atoms with Crippen molar-refractivity contribution in [3.63, 3.8) is 0 Å². The summed E-state index contributed by atoms with van der Waals surface area (Å²) >= 11 is 0. The number of nitrogens with two attached hydrogens (primary N) is 2. The number of primary amides is 1. The van der Waals surface area contributed by atoms with E-state index in [4.69, 9.17) is 16.2 Å². The van der Waals surface area contributed by atoms with Crippen molar-refractivity contribution in [1.82, 2.24) is 0 Å². The molecule has 2 rings (SSSR count). The van der Waals surface area contributed by atoms with Gasteiger partial charge in [-0.05, 0) is 61.6 Å². The van der Waals surface area contributed by atoms with Gasteiger partial charge in [0.25, 0.3) is 0 Å². The van der Waals surface area contributed by atoms with Crippen LogP contribution < -0.4 is 11.5 Å². The van der Waals surface area contributed by atoms with E-state index in [1.807, 2.05) is 25.1 Å². The van der Waals surface area contributed by atoms with Crippen molar-refractivity contribution in [3.8, 4) is 0 Å². The Bertz CT molecular complexity index is 553. The number of hydrogen-bond acceptors (Lipinski definition) is 3. The highest BCUT2D eigenvalue weighted by atomic mass is 16.5. The third kappa shape index (κ3) is 2.68. The Labute approximate surface area is 126 Å². The molecule has 1 aliphatic carbocycles. The molecule has 114 valence electrons. The van der Waals surface area contributed by atoms with Gasteiger partial charge in [0.1, 0.15) is 5.60 Å². The van der Waals surface area contributed by atoms with Crippen LogP contribution in [0.25, 0.3) is 0 Å². The fraction of sp³-hybridized carbons (Fsp3) is 0.471. The highest BCUT2D eigenvalue weighted by Crippen LogP contribution is 2.48. The summed E-state index contributed by atoms with van der Waals surface area (Å²) in [6.45, 7) is 4.74. The Hall–Kier alpha value is -1.81. The minimum absolute atomic E-state index is 0.295. The van der Waals surface area contributed by atoms with Crippen LogP contribution in [0.2, 0.25) is 0 Å². The lowest BCUT2D eigenvalue weighted by molar-refractivity contribution is -0.0684. The van der Waals surface area contributed by atoms with Crippen molar-refractivity contribution in [1.29, 1.82) is 0 Å². The Morgan fingerprint density at radius 2 is 2.29 bits per heavy atom. The zero-order valence-corrected chi connectivity index (χ0v) is 12.8. The maximum absolute atomic E-state index is 11.5. The van der Waals surface area contributed by atoms with E-state index in [0.717, 1.165) is 30.4 Å². The Balaban J connectivity index is 2.60. The van der Waals surface area contributed by atoms with E-state index in [2.05, 4.69) is 6.92 Å². The van der Waals surface area contributed by atoms with Crippen molar-refractivity contribution in [3.05, 3.63) is 47.2 Å². The van der Waals surface area contributed by atoms with Crippen LogP contribution in [0.3, 0.4) is 0 Å². The summed E-state index contributed by atoms with van der Waals surface area (Å²) in [5.41, 5.74) is 13.3. The summed E-state index contributed by atoms with van der Waals surface area (Å²) in [6.07, 6.45) is 4.76. The van der Waals surface area contributed by atoms with Crippen LogP contribution in [-0.4, -0.2) is 12.5 Å². The summed E-state index contributed by atoms with van der Waals surface area (Å²) in [6, 6.07) is 7.41. The average molecular weight is 288 g/mol. The number of carbonyl (C=O) groups is 1. The number of rotatable bonds is 4. The molecule has 0 saturated heterocycles. The molecule has 0 bridgehead atoms. The molecule has 0 aromatic heterocycles. The van der Waals surface area contributed by atoms with Crippen LogP contribution in [0.15, 0.2) is 36.0 Å². The van der Waals surface area contributed by atoms with E-state index in [1.165, 1.54) is 0 Å². The first kappa shape index (κ1) is 15.6. The van der Waals surface area contributed by atoms with Gasteiger partial charge in [-0.2, -0.15) is 0 Å². The molecule has 21 heavy (non-hydrogen) atoms. The molecule has 2 unspecified atom stereocenters. The molecule has 4 heteroatoms. The third-order valence-corrected chi connectivity index (χ3v) is 4.40. The second-order valence-corrected chi connectivity index (χ2v) is 5.60. The van der Waals surface area contributed by atoms with Gasteiger partial charge < -0.3 is 16.2 Å². The van der Waals surface area contributed by atoms with Crippen LogP contribution >= 0.6 is 0 Å². The van der Waals surface area contributed by atoms with E-state index >= 15 is 0 Å². The monoisotopic (exact) mass is 288 g/mol. The highest BCUT2D eigenvalue weighted by molar-refractivity contribution is 5.93. The number of benzene rings is 1. The van der Waals surface area contributed by atoms with Crippen molar-refractivity contribution >= 4 is 5.91 Å². The molecule has 1 fully saturated rings. The maximum atomic E-state index is 11.5. The molecular formula is C17H24N2O2. The molecule has 1 aromatic carbocycles. The fourth-order valence-corrected chi connectivity index (χ4v) is 3.43. The lowest BCUT2D eigenvalue weighted by Crippen LogP contribution is -2.42. The smallest absolute Gasteiger partial charge is 0.248 e. The van der Waals surface area contributed by atoms with Gasteiger partial charge in [0, 0.05) is 12.2 Å². The highest BCUT2D eigenvalue weighted by Gasteiger charge is 2.44. The van der Waals surface area contributed by atoms with Crippen LogP contribution in [-0.2, 0) is 10.3 Å². The van der Waals surface area contributed by atoms with Crippen LogP contribution in [0.1, 0.15) is 49.0 Å². The van der Waals surface area contributed by atoms with Crippen LogP contribution in [0.4, 0.5) is 0 Å². The molecule has 0 heterocycles. The molecule has 0 spiro atoms. The van der Waals surface area contributed by atoms with Crippen molar-refractivity contribution in [2.24, 2.45) is 17.4 Å². The standard InChI is InChI=1S/C17H24N2O2/c1-3-21-17(12(2)6-4-9-15(17)11-18)14-8-5-7-13(10-14)16(19)20/h5,7-8,10-12H,3-4,6,9,18H2,1-2H3,(H2,19,20)/b15-11+. The first-order chi connectivity index (χ1) is 10.1. The molecule has 1 aliphatic rings. The van der Waals surface area contributed by atoms with E-state index < -0.39 is 11.5 Å². The van der Waals surface area contributed by atoms with Crippen LogP contribution in [0, 0.1) is 5.92 Å². The summed E-state index contributed by atoms with van der Waals surface area (Å²) in [5, 5.41) is 0. The molecular weight excluding hydrogens is 264 g/mol. The van der Waals surface area contributed by atoms with Gasteiger partial charge in [-0.1, -0.05) is 19.1 Å². The van der Waals surface area contributed by atoms with E-state index in [1.54, 1.807) is 12.3 Å². The van der Waals surface area contributed by atoms with Gasteiger partial charge in [0.2, 0.25) is 5.91 Å². The molecule has 0 radical (unpaired) electrons. The predicted molar refractivity (Wildman–Crippen MR) is 83.5 cm³/mol. The summed E-state index contributed by atoms with van der Waals surface area (Å²) in [7, 11) is 0. The number of amides is 1. The zero-order chi connectivity index (χ0) is 15.5. The SMILES string of the molecule is CCOC1(c2cccc(C(N)=O)c2)/C(=C/N)CCCC1C. The Kier molecular flexibility index (Phi) is 4.68. The average Bonchev–Trinajstić information content (AvgIpc) is 2.49. The first-order valence-corrected chi connectivity index (χ1v) is 7.51. The number of carbonyl (C=O) groups excluding carboxylic acids is 1. The quantitative estimate of drug-likeness (QED) is 0.894. The van der Waals surface area contributed by atoms with Crippen molar-refractivity contribution in [2.45, 2.75) is 38.7 Å². The molecule has 0 aliphatic heterocycles. The minimum atomic E-state index is -0.548. The summed E-state index contributed by atoms with van der Waals surface area (Å²) in [5.74, 6) is -0.130. The van der Waals surface area contributed by atoms with E-state index in [0.29, 0.717) is 18.1 Å². The van der Waals surface area contributed by atoms with Gasteiger partial charge in [-0.25, -0.2) is 0 Å². The zero-order valence-electron chi connectivity index (χ0n) is 12.8. The minimum Gasteiger partial charge on any atom is -0.405 e. The lowest BCUT2D eigenvalue weighted by atomic mass is 9.69. The van der Waals surface area contributed by atoms with Crippen molar-refractivity contribution in [2.75, 3.05) is 6.61 Å². The topological polar surface area (TPSA) is 78.3 Å². The number of ether oxygens (including phenoxy) is 1. The van der Waals surface area contributed by atoms with Gasteiger partial charge >= 0.3 is 0 Å². The molecule has 1 amide bonds.